The third-order valence-corrected chi connectivity index (χ3v) is 5.08. The van der Waals surface area contributed by atoms with Crippen molar-refractivity contribution in [2.75, 3.05) is 19.7 Å². The Balaban J connectivity index is 1.48. The molecule has 2 N–H and O–H groups in total. The number of carbonyl (C=O) groups is 1. The summed E-state index contributed by atoms with van der Waals surface area (Å²) in [5.41, 5.74) is 1.60. The normalized spacial score (nSPS) is 24.2. The predicted molar refractivity (Wildman–Crippen MR) is 83.0 cm³/mol. The number of aliphatic hydroxyl groups is 1. The Bertz CT molecular complexity index is 721. The fraction of sp³-hybridized carbons (Fsp3) is 0.562. The van der Waals surface area contributed by atoms with Crippen LogP contribution < -0.4 is 0 Å². The number of likely N-dealkylation sites (tertiary alicyclic amines) is 1. The van der Waals surface area contributed by atoms with Crippen molar-refractivity contribution >= 4 is 16.9 Å². The quantitative estimate of drug-likeness (QED) is 0.822. The molecule has 7 nitrogen and oxygen atoms in total. The molecule has 2 saturated heterocycles. The summed E-state index contributed by atoms with van der Waals surface area (Å²) in [5, 5.41) is 20.8. The van der Waals surface area contributed by atoms with Crippen molar-refractivity contribution in [3.63, 3.8) is 0 Å². The minimum absolute atomic E-state index is 0.00458. The molecule has 1 spiro atoms. The number of piperidine rings is 1. The zero-order valence-electron chi connectivity index (χ0n) is 12.9. The maximum atomic E-state index is 12.7. The van der Waals surface area contributed by atoms with Gasteiger partial charge in [-0.15, -0.1) is 0 Å². The molecule has 2 aliphatic heterocycles. The van der Waals surface area contributed by atoms with Gasteiger partial charge >= 0.3 is 0 Å². The van der Waals surface area contributed by atoms with Crippen molar-refractivity contribution in [1.82, 2.24) is 20.3 Å². The van der Waals surface area contributed by atoms with Crippen molar-refractivity contribution < 1.29 is 14.6 Å². The van der Waals surface area contributed by atoms with Crippen LogP contribution in [0.5, 0.6) is 0 Å². The van der Waals surface area contributed by atoms with Gasteiger partial charge in [-0.3, -0.25) is 4.79 Å². The Morgan fingerprint density at radius 1 is 1.30 bits per heavy atom. The summed E-state index contributed by atoms with van der Waals surface area (Å²) in [6.07, 6.45) is 2.65. The van der Waals surface area contributed by atoms with Crippen LogP contribution in [0.3, 0.4) is 0 Å². The molecule has 1 aromatic heterocycles. The zero-order chi connectivity index (χ0) is 15.9. The number of H-pyrrole nitrogens is 1. The number of aromatic amines is 1. The largest absolute Gasteiger partial charge is 0.390 e. The molecule has 23 heavy (non-hydrogen) atoms. The molecule has 7 heteroatoms. The SMILES string of the molecule is O=C(c1ccc2n[nH]nc2c1)N1CCC2(CC1)OCCC[C@H]2O. The minimum atomic E-state index is -0.453. The molecular weight excluding hydrogens is 296 g/mol. The number of carbonyl (C=O) groups excluding carboxylic acids is 1. The summed E-state index contributed by atoms with van der Waals surface area (Å²) in [4.78, 5) is 14.5. The van der Waals surface area contributed by atoms with Crippen molar-refractivity contribution in [3.05, 3.63) is 23.8 Å². The van der Waals surface area contributed by atoms with Crippen LogP contribution in [0.25, 0.3) is 11.0 Å². The van der Waals surface area contributed by atoms with E-state index >= 15 is 0 Å². The van der Waals surface area contributed by atoms with E-state index in [0.717, 1.165) is 18.4 Å². The van der Waals surface area contributed by atoms with Gasteiger partial charge in [0.25, 0.3) is 5.91 Å². The number of amides is 1. The molecule has 1 aromatic carbocycles. The summed E-state index contributed by atoms with van der Waals surface area (Å²) in [6, 6.07) is 5.34. The molecule has 1 atom stereocenters. The average molecular weight is 316 g/mol. The summed E-state index contributed by atoms with van der Waals surface area (Å²) < 4.78 is 5.89. The molecule has 0 radical (unpaired) electrons. The van der Waals surface area contributed by atoms with Crippen LogP contribution >= 0.6 is 0 Å². The smallest absolute Gasteiger partial charge is 0.253 e. The lowest BCUT2D eigenvalue weighted by Crippen LogP contribution is -2.56. The number of benzene rings is 1. The summed E-state index contributed by atoms with van der Waals surface area (Å²) >= 11 is 0. The second-order valence-corrected chi connectivity index (χ2v) is 6.39. The second-order valence-electron chi connectivity index (χ2n) is 6.39. The highest BCUT2D eigenvalue weighted by Crippen LogP contribution is 2.35. The van der Waals surface area contributed by atoms with Gasteiger partial charge in [0, 0.05) is 25.3 Å². The van der Waals surface area contributed by atoms with Crippen LogP contribution in [0.1, 0.15) is 36.0 Å². The maximum absolute atomic E-state index is 12.7. The third-order valence-electron chi connectivity index (χ3n) is 5.08. The highest BCUT2D eigenvalue weighted by Gasteiger charge is 2.44. The van der Waals surface area contributed by atoms with E-state index in [1.165, 1.54) is 0 Å². The van der Waals surface area contributed by atoms with Crippen LogP contribution in [0.15, 0.2) is 18.2 Å². The van der Waals surface area contributed by atoms with Gasteiger partial charge in [-0.1, -0.05) is 0 Å². The Hall–Kier alpha value is -1.99. The van der Waals surface area contributed by atoms with Crippen LogP contribution in [0.4, 0.5) is 0 Å². The molecule has 1 amide bonds. The van der Waals surface area contributed by atoms with Crippen LogP contribution in [0.2, 0.25) is 0 Å². The third kappa shape index (κ3) is 2.49. The second kappa shape index (κ2) is 5.58. The molecular formula is C16H20N4O3. The van der Waals surface area contributed by atoms with Crippen molar-refractivity contribution in [3.8, 4) is 0 Å². The standard InChI is InChI=1S/C16H20N4O3/c21-14-2-1-9-23-16(14)5-7-20(8-6-16)15(22)11-3-4-12-13(10-11)18-19-17-12/h3-4,10,14,21H,1-2,5-9H2,(H,17,18,19)/t14-/m1/s1. The number of aromatic nitrogens is 3. The van der Waals surface area contributed by atoms with Gasteiger partial charge in [0.15, 0.2) is 0 Å². The lowest BCUT2D eigenvalue weighted by molar-refractivity contribution is -0.174. The van der Waals surface area contributed by atoms with Gasteiger partial charge in [-0.25, -0.2) is 0 Å². The summed E-state index contributed by atoms with van der Waals surface area (Å²) in [6.45, 7) is 1.91. The number of hydrogen-bond donors (Lipinski definition) is 2. The van der Waals surface area contributed by atoms with Crippen molar-refractivity contribution in [2.45, 2.75) is 37.4 Å². The van der Waals surface area contributed by atoms with E-state index in [1.54, 1.807) is 18.2 Å². The number of fused-ring (bicyclic) bond motifs is 1. The van der Waals surface area contributed by atoms with Gasteiger partial charge in [0.1, 0.15) is 11.0 Å². The monoisotopic (exact) mass is 316 g/mol. The van der Waals surface area contributed by atoms with E-state index in [9.17, 15) is 9.90 Å². The van der Waals surface area contributed by atoms with Crippen LogP contribution in [0, 0.1) is 0 Å². The van der Waals surface area contributed by atoms with Crippen molar-refractivity contribution in [2.24, 2.45) is 0 Å². The van der Waals surface area contributed by atoms with E-state index in [2.05, 4.69) is 15.4 Å². The molecule has 2 fully saturated rings. The lowest BCUT2D eigenvalue weighted by atomic mass is 9.82. The van der Waals surface area contributed by atoms with E-state index in [-0.39, 0.29) is 5.91 Å². The molecule has 3 heterocycles. The fourth-order valence-corrected chi connectivity index (χ4v) is 3.63. The minimum Gasteiger partial charge on any atom is -0.390 e. The number of ether oxygens (including phenoxy) is 1. The number of aliphatic hydroxyl groups excluding tert-OH is 1. The number of nitrogens with one attached hydrogen (secondary N) is 1. The Morgan fingerprint density at radius 3 is 2.87 bits per heavy atom. The summed E-state index contributed by atoms with van der Waals surface area (Å²) in [5.74, 6) is -0.00458. The van der Waals surface area contributed by atoms with Gasteiger partial charge in [-0.2, -0.15) is 15.4 Å². The molecule has 2 aliphatic rings. The topological polar surface area (TPSA) is 91.3 Å². The predicted octanol–water partition coefficient (Wildman–Crippen LogP) is 1.10. The van der Waals surface area contributed by atoms with E-state index in [1.807, 2.05) is 4.90 Å². The lowest BCUT2D eigenvalue weighted by Gasteiger charge is -2.46. The highest BCUT2D eigenvalue weighted by molar-refractivity contribution is 5.97. The zero-order valence-corrected chi connectivity index (χ0v) is 12.9. The van der Waals surface area contributed by atoms with Gasteiger partial charge < -0.3 is 14.7 Å². The fourth-order valence-electron chi connectivity index (χ4n) is 3.63. The average Bonchev–Trinajstić information content (AvgIpc) is 3.05. The van der Waals surface area contributed by atoms with Gasteiger partial charge in [0.05, 0.1) is 11.7 Å². The first-order valence-electron chi connectivity index (χ1n) is 8.10. The Morgan fingerprint density at radius 2 is 2.09 bits per heavy atom. The van der Waals surface area contributed by atoms with Crippen molar-refractivity contribution in [1.29, 1.82) is 0 Å². The highest BCUT2D eigenvalue weighted by atomic mass is 16.5. The first-order valence-corrected chi connectivity index (χ1v) is 8.10. The van der Waals surface area contributed by atoms with E-state index in [0.29, 0.717) is 43.6 Å². The molecule has 0 bridgehead atoms. The molecule has 4 rings (SSSR count). The molecule has 0 unspecified atom stereocenters. The Kier molecular flexibility index (Phi) is 3.54. The number of nitrogens with zero attached hydrogens (tertiary/aromatic N) is 3. The summed E-state index contributed by atoms with van der Waals surface area (Å²) in [7, 11) is 0. The molecule has 122 valence electrons. The molecule has 0 aliphatic carbocycles. The van der Waals surface area contributed by atoms with E-state index in [4.69, 9.17) is 4.74 Å². The molecule has 2 aromatic rings. The first kappa shape index (κ1) is 14.6. The van der Waals surface area contributed by atoms with E-state index < -0.39 is 11.7 Å². The Labute approximate surface area is 133 Å². The van der Waals surface area contributed by atoms with Crippen LogP contribution in [-0.2, 0) is 4.74 Å². The van der Waals surface area contributed by atoms with Crippen LogP contribution in [-0.4, -0.2) is 62.7 Å². The van der Waals surface area contributed by atoms with Gasteiger partial charge in [0.2, 0.25) is 0 Å². The molecule has 0 saturated carbocycles. The maximum Gasteiger partial charge on any atom is 0.253 e. The van der Waals surface area contributed by atoms with Gasteiger partial charge in [-0.05, 0) is 43.9 Å². The number of hydrogen-bond acceptors (Lipinski definition) is 5. The first-order chi connectivity index (χ1) is 11.2. The number of rotatable bonds is 1.